The van der Waals surface area contributed by atoms with E-state index in [1.807, 2.05) is 25.7 Å². The Bertz CT molecular complexity index is 420. The summed E-state index contributed by atoms with van der Waals surface area (Å²) in [6, 6.07) is 0. The van der Waals surface area contributed by atoms with Gasteiger partial charge in [-0.05, 0) is 32.6 Å². The van der Waals surface area contributed by atoms with Crippen molar-refractivity contribution >= 4 is 17.6 Å². The maximum atomic E-state index is 4.61. The summed E-state index contributed by atoms with van der Waals surface area (Å²) in [5.41, 5.74) is 1.19. The van der Waals surface area contributed by atoms with Gasteiger partial charge in [-0.3, -0.25) is 0 Å². The standard InChI is InChI=1S/C14H23N3S/c1-9-6-5-7-12(8-9)18-14-10(2)13(15-4)16-11(3)17-14/h9,12H,5-8H2,1-4H3,(H,15,16,17). The van der Waals surface area contributed by atoms with Crippen LogP contribution in [0.3, 0.4) is 0 Å². The van der Waals surface area contributed by atoms with Crippen LogP contribution < -0.4 is 5.32 Å². The summed E-state index contributed by atoms with van der Waals surface area (Å²) in [5, 5.41) is 5.04. The zero-order valence-electron chi connectivity index (χ0n) is 11.8. The highest BCUT2D eigenvalue weighted by atomic mass is 32.2. The van der Waals surface area contributed by atoms with Crippen LogP contribution in [0.1, 0.15) is 44.0 Å². The predicted octanol–water partition coefficient (Wildman–Crippen LogP) is 3.81. The van der Waals surface area contributed by atoms with Crippen LogP contribution in [0.2, 0.25) is 0 Å². The molecule has 1 aliphatic carbocycles. The number of hydrogen-bond donors (Lipinski definition) is 1. The Kier molecular flexibility index (Phi) is 4.49. The van der Waals surface area contributed by atoms with Gasteiger partial charge < -0.3 is 5.32 Å². The van der Waals surface area contributed by atoms with Crippen molar-refractivity contribution in [2.75, 3.05) is 12.4 Å². The van der Waals surface area contributed by atoms with Crippen molar-refractivity contribution in [1.29, 1.82) is 0 Å². The second kappa shape index (κ2) is 5.91. The molecular weight excluding hydrogens is 242 g/mol. The molecule has 4 heteroatoms. The third-order valence-electron chi connectivity index (χ3n) is 3.62. The molecule has 0 amide bonds. The molecule has 1 N–H and O–H groups in total. The summed E-state index contributed by atoms with van der Waals surface area (Å²) in [6.45, 7) is 6.44. The molecule has 2 atom stereocenters. The van der Waals surface area contributed by atoms with Crippen LogP contribution in [0, 0.1) is 19.8 Å². The third kappa shape index (κ3) is 3.16. The molecule has 0 radical (unpaired) electrons. The zero-order valence-corrected chi connectivity index (χ0v) is 12.6. The van der Waals surface area contributed by atoms with Crippen LogP contribution in [0.15, 0.2) is 5.03 Å². The van der Waals surface area contributed by atoms with Crippen LogP contribution in [0.4, 0.5) is 5.82 Å². The predicted molar refractivity (Wildman–Crippen MR) is 78.3 cm³/mol. The molecule has 2 rings (SSSR count). The van der Waals surface area contributed by atoms with E-state index in [-0.39, 0.29) is 0 Å². The Morgan fingerprint density at radius 2 is 2.00 bits per heavy atom. The number of aromatic nitrogens is 2. The number of hydrogen-bond acceptors (Lipinski definition) is 4. The largest absolute Gasteiger partial charge is 0.373 e. The number of anilines is 1. The summed E-state index contributed by atoms with van der Waals surface area (Å²) in [6.07, 6.45) is 5.40. The second-order valence-corrected chi connectivity index (χ2v) is 6.60. The Labute approximate surface area is 114 Å². The van der Waals surface area contributed by atoms with Crippen LogP contribution in [0.5, 0.6) is 0 Å². The SMILES string of the molecule is CNc1nc(C)nc(SC2CCCC(C)C2)c1C. The summed E-state index contributed by atoms with van der Waals surface area (Å²) in [7, 11) is 1.92. The number of nitrogens with one attached hydrogen (secondary N) is 1. The summed E-state index contributed by atoms with van der Waals surface area (Å²) < 4.78 is 0. The molecule has 0 spiro atoms. The van der Waals surface area contributed by atoms with Gasteiger partial charge >= 0.3 is 0 Å². The van der Waals surface area contributed by atoms with E-state index in [0.717, 1.165) is 27.8 Å². The smallest absolute Gasteiger partial charge is 0.133 e. The van der Waals surface area contributed by atoms with Gasteiger partial charge in [-0.2, -0.15) is 0 Å². The lowest BCUT2D eigenvalue weighted by Crippen LogP contribution is -2.15. The molecule has 1 heterocycles. The molecule has 18 heavy (non-hydrogen) atoms. The minimum atomic E-state index is 0.728. The number of aryl methyl sites for hydroxylation is 1. The average Bonchev–Trinajstić information content (AvgIpc) is 2.33. The molecule has 0 saturated heterocycles. The molecule has 1 fully saturated rings. The van der Waals surface area contributed by atoms with E-state index in [2.05, 4.69) is 29.1 Å². The van der Waals surface area contributed by atoms with Gasteiger partial charge in [-0.25, -0.2) is 9.97 Å². The van der Waals surface area contributed by atoms with E-state index in [1.54, 1.807) is 0 Å². The molecule has 1 aromatic heterocycles. The maximum absolute atomic E-state index is 4.61. The van der Waals surface area contributed by atoms with Crippen LogP contribution >= 0.6 is 11.8 Å². The monoisotopic (exact) mass is 265 g/mol. The first-order valence-electron chi connectivity index (χ1n) is 6.79. The molecular formula is C14H23N3S. The van der Waals surface area contributed by atoms with Gasteiger partial charge in [0.1, 0.15) is 16.7 Å². The average molecular weight is 265 g/mol. The highest BCUT2D eigenvalue weighted by molar-refractivity contribution is 7.99. The van der Waals surface area contributed by atoms with E-state index in [1.165, 1.54) is 31.2 Å². The molecule has 1 aliphatic rings. The number of rotatable bonds is 3. The first-order valence-corrected chi connectivity index (χ1v) is 7.67. The molecule has 100 valence electrons. The minimum Gasteiger partial charge on any atom is -0.373 e. The molecule has 1 saturated carbocycles. The van der Waals surface area contributed by atoms with Crippen molar-refractivity contribution < 1.29 is 0 Å². The summed E-state index contributed by atoms with van der Waals surface area (Å²) in [5.74, 6) is 2.69. The van der Waals surface area contributed by atoms with Gasteiger partial charge in [0.15, 0.2) is 0 Å². The topological polar surface area (TPSA) is 37.8 Å². The van der Waals surface area contributed by atoms with E-state index >= 15 is 0 Å². The van der Waals surface area contributed by atoms with Crippen molar-refractivity contribution in [3.63, 3.8) is 0 Å². The van der Waals surface area contributed by atoms with Crippen LogP contribution in [-0.2, 0) is 0 Å². The first kappa shape index (κ1) is 13.7. The number of thioether (sulfide) groups is 1. The fourth-order valence-corrected chi connectivity index (χ4v) is 4.09. The summed E-state index contributed by atoms with van der Waals surface area (Å²) >= 11 is 1.95. The Balaban J connectivity index is 2.15. The second-order valence-electron chi connectivity index (χ2n) is 5.31. The fourth-order valence-electron chi connectivity index (χ4n) is 2.60. The van der Waals surface area contributed by atoms with Gasteiger partial charge in [0.05, 0.1) is 0 Å². The van der Waals surface area contributed by atoms with Crippen molar-refractivity contribution in [1.82, 2.24) is 9.97 Å². The molecule has 1 aromatic rings. The number of nitrogens with zero attached hydrogens (tertiary/aromatic N) is 2. The first-order chi connectivity index (χ1) is 8.60. The van der Waals surface area contributed by atoms with E-state index in [9.17, 15) is 0 Å². The lowest BCUT2D eigenvalue weighted by molar-refractivity contribution is 0.394. The lowest BCUT2D eigenvalue weighted by atomic mass is 9.91. The quantitative estimate of drug-likeness (QED) is 0.843. The van der Waals surface area contributed by atoms with Crippen LogP contribution in [0.25, 0.3) is 0 Å². The van der Waals surface area contributed by atoms with Gasteiger partial charge in [0.25, 0.3) is 0 Å². The maximum Gasteiger partial charge on any atom is 0.133 e. The lowest BCUT2D eigenvalue weighted by Gasteiger charge is -2.26. The fraction of sp³-hybridized carbons (Fsp3) is 0.714. The highest BCUT2D eigenvalue weighted by Gasteiger charge is 2.21. The normalized spacial score (nSPS) is 24.0. The molecule has 0 bridgehead atoms. The zero-order chi connectivity index (χ0) is 13.1. The van der Waals surface area contributed by atoms with Crippen molar-refractivity contribution in [2.24, 2.45) is 5.92 Å². The van der Waals surface area contributed by atoms with Crippen molar-refractivity contribution in [3.8, 4) is 0 Å². The van der Waals surface area contributed by atoms with Crippen LogP contribution in [-0.4, -0.2) is 22.3 Å². The minimum absolute atomic E-state index is 0.728. The van der Waals surface area contributed by atoms with Gasteiger partial charge in [0.2, 0.25) is 0 Å². The molecule has 0 aromatic carbocycles. The van der Waals surface area contributed by atoms with Gasteiger partial charge in [-0.15, -0.1) is 11.8 Å². The van der Waals surface area contributed by atoms with E-state index in [0.29, 0.717) is 0 Å². The van der Waals surface area contributed by atoms with E-state index < -0.39 is 0 Å². The molecule has 3 nitrogen and oxygen atoms in total. The van der Waals surface area contributed by atoms with E-state index in [4.69, 9.17) is 0 Å². The third-order valence-corrected chi connectivity index (χ3v) is 5.00. The highest BCUT2D eigenvalue weighted by Crippen LogP contribution is 2.37. The Morgan fingerprint density at radius 1 is 1.22 bits per heavy atom. The van der Waals surface area contributed by atoms with Crippen molar-refractivity contribution in [2.45, 2.75) is 56.7 Å². The Morgan fingerprint density at radius 3 is 2.67 bits per heavy atom. The molecule has 2 unspecified atom stereocenters. The molecule has 0 aliphatic heterocycles. The van der Waals surface area contributed by atoms with Crippen molar-refractivity contribution in [3.05, 3.63) is 11.4 Å². The summed E-state index contributed by atoms with van der Waals surface area (Å²) in [4.78, 5) is 9.04. The van der Waals surface area contributed by atoms with Gasteiger partial charge in [0, 0.05) is 17.9 Å². The van der Waals surface area contributed by atoms with Gasteiger partial charge in [-0.1, -0.05) is 19.8 Å². The Hall–Kier alpha value is -0.770.